The summed E-state index contributed by atoms with van der Waals surface area (Å²) in [6.07, 6.45) is -5.82. The molecule has 4 saturated heterocycles. The Morgan fingerprint density at radius 2 is 1.01 bits per heavy atom. The predicted molar refractivity (Wildman–Crippen MR) is 246 cm³/mol. The predicted octanol–water partition coefficient (Wildman–Crippen LogP) is 2.05. The second-order valence-corrected chi connectivity index (χ2v) is 19.1. The summed E-state index contributed by atoms with van der Waals surface area (Å²) in [6, 6.07) is 17.0. The molecule has 4 amide bonds. The average Bonchev–Trinajstić information content (AvgIpc) is 4.24. The van der Waals surface area contributed by atoms with Gasteiger partial charge in [-0.1, -0.05) is 48.2 Å². The molecule has 0 radical (unpaired) electrons. The fraction of sp³-hybridized carbons (Fsp3) is 0.364. The molecule has 0 bridgehead atoms. The second-order valence-electron chi connectivity index (χ2n) is 16.1. The summed E-state index contributed by atoms with van der Waals surface area (Å²) in [5, 5.41) is 10.4. The molecular weight excluding hydrogens is 999 g/mol. The number of phosphoric ester groups is 2. The zero-order chi connectivity index (χ0) is 50.7. The lowest BCUT2D eigenvalue weighted by Crippen LogP contribution is -2.33. The number of carbonyl (C=O) groups excluding carboxylic acids is 2. The number of nitrogens with one attached hydrogen (secondary N) is 4. The van der Waals surface area contributed by atoms with Gasteiger partial charge in [0.25, 0.3) is 15.6 Å². The Hall–Kier alpha value is -6.78. The van der Waals surface area contributed by atoms with Gasteiger partial charge in [0.2, 0.25) is 12.6 Å². The molecule has 73 heavy (non-hydrogen) atoms. The highest BCUT2D eigenvalue weighted by molar-refractivity contribution is 7.59. The minimum absolute atomic E-state index is 0.0950. The van der Waals surface area contributed by atoms with E-state index in [9.17, 15) is 28.5 Å². The molecule has 380 valence electrons. The van der Waals surface area contributed by atoms with Crippen molar-refractivity contribution in [3.8, 4) is 23.7 Å². The molecule has 4 aliphatic heterocycles. The minimum Gasteiger partial charge on any atom is -0.756 e. The van der Waals surface area contributed by atoms with Gasteiger partial charge in [0, 0.05) is 24.2 Å². The topological polar surface area (TPSA) is 333 Å². The summed E-state index contributed by atoms with van der Waals surface area (Å²) in [5.74, 6) is 11.9. The van der Waals surface area contributed by atoms with E-state index in [1.807, 2.05) is 12.1 Å². The number of imidazole rings is 2. The number of ether oxygens (including phenoxy) is 6. The van der Waals surface area contributed by atoms with Gasteiger partial charge in [0.15, 0.2) is 46.4 Å². The van der Waals surface area contributed by atoms with Gasteiger partial charge in [-0.05, 0) is 50.0 Å². The minimum atomic E-state index is -5.76. The molecule has 0 saturated carbocycles. The van der Waals surface area contributed by atoms with Crippen molar-refractivity contribution in [2.24, 2.45) is 0 Å². The summed E-state index contributed by atoms with van der Waals surface area (Å²) in [5.41, 5.74) is 2.14. The van der Waals surface area contributed by atoms with Crippen molar-refractivity contribution in [3.05, 3.63) is 97.1 Å². The number of aromatic nitrogens is 8. The highest BCUT2D eigenvalue weighted by atomic mass is 31.3. The van der Waals surface area contributed by atoms with Crippen LogP contribution in [0.25, 0.3) is 22.3 Å². The molecule has 0 aliphatic carbocycles. The van der Waals surface area contributed by atoms with Crippen LogP contribution in [0.3, 0.4) is 0 Å². The van der Waals surface area contributed by atoms with Crippen LogP contribution in [0.15, 0.2) is 86.0 Å². The summed E-state index contributed by atoms with van der Waals surface area (Å²) in [6.45, 7) is 2.54. The summed E-state index contributed by atoms with van der Waals surface area (Å²) >= 11 is 0. The Balaban J connectivity index is 0.835. The van der Waals surface area contributed by atoms with Crippen LogP contribution in [-0.2, 0) is 50.9 Å². The number of benzene rings is 2. The average molecular weight is 1040 g/mol. The molecule has 4 aromatic heterocycles. The van der Waals surface area contributed by atoms with E-state index in [1.54, 1.807) is 62.4 Å². The molecule has 4 fully saturated rings. The standard InChI is InChI=1S/C44H44N12O15P2/c1-3-45-43(57)53-37-31-39(49-21-47-37)55(23-51-31)41-35-33(67-29(69-35)17-15-25-11-7-5-8-12-25)27(65-41)19-63-72(59,60)71-73(61,62)64-20-28-34-36(70-30(68-34)18-16-26-13-9-6-10-14-26)42(66-28)56-24-52-32-38(48-22-50-40(32)56)54-44(58)46-4-2/h5-14,21-24,27-30,33-36,41-42H,3-4,19-20H2,1-2H3,(H,59,60)(H,61,62)(H2,45,47,49,53,57)(H2,46,48,50,54,58)/p-2/t27-,28-,29?,30?,33?,34?,35?,36?,41-,42?/m1/s1. The summed E-state index contributed by atoms with van der Waals surface area (Å²) in [7, 11) is -11.5. The van der Waals surface area contributed by atoms with E-state index in [2.05, 4.69) is 79.2 Å². The van der Waals surface area contributed by atoms with Crippen LogP contribution in [0, 0.1) is 23.7 Å². The number of anilines is 2. The van der Waals surface area contributed by atoms with Crippen LogP contribution in [0.1, 0.15) is 37.4 Å². The van der Waals surface area contributed by atoms with Gasteiger partial charge in [-0.25, -0.2) is 43.8 Å². The van der Waals surface area contributed by atoms with E-state index in [0.717, 1.165) is 0 Å². The third-order valence-electron chi connectivity index (χ3n) is 11.3. The number of nitrogens with zero attached hydrogens (tertiary/aromatic N) is 8. The SMILES string of the molecule is CCNC(=O)Nc1ncnc2c1ncn2C1O[C@H](COP(=O)([O-])OP(=O)([O-])OC[C@H]2O[C@@H](n3cnc4c(NC(=O)NCC)ncnc43)C3OC(C#Cc4ccccc4)OC32)C2OC(C#Cc3ccccc3)OC21. The van der Waals surface area contributed by atoms with Crippen molar-refractivity contribution < 1.29 is 70.3 Å². The van der Waals surface area contributed by atoms with E-state index in [0.29, 0.717) is 24.2 Å². The Morgan fingerprint density at radius 3 is 1.42 bits per heavy atom. The molecule has 6 aromatic rings. The van der Waals surface area contributed by atoms with E-state index in [1.165, 1.54) is 34.4 Å². The van der Waals surface area contributed by atoms with Crippen molar-refractivity contribution in [1.29, 1.82) is 0 Å². The van der Waals surface area contributed by atoms with Crippen molar-refractivity contribution in [2.45, 2.75) is 75.5 Å². The van der Waals surface area contributed by atoms with Crippen molar-refractivity contribution in [2.75, 3.05) is 36.9 Å². The first kappa shape index (κ1) is 49.8. The maximum Gasteiger partial charge on any atom is 0.320 e. The molecule has 8 heterocycles. The van der Waals surface area contributed by atoms with E-state index in [-0.39, 0.29) is 34.0 Å². The van der Waals surface area contributed by atoms with Gasteiger partial charge < -0.3 is 57.9 Å². The van der Waals surface area contributed by atoms with E-state index in [4.69, 9.17) is 37.5 Å². The molecule has 27 nitrogen and oxygen atoms in total. The van der Waals surface area contributed by atoms with Gasteiger partial charge in [-0.3, -0.25) is 28.9 Å². The van der Waals surface area contributed by atoms with Crippen LogP contribution in [-0.4, -0.2) is 127 Å². The lowest BCUT2D eigenvalue weighted by Gasteiger charge is -2.32. The number of fused-ring (bicyclic) bond motifs is 4. The number of rotatable bonds is 14. The number of urea groups is 2. The molecule has 0 spiro atoms. The zero-order valence-electron chi connectivity index (χ0n) is 38.3. The number of hydrogen-bond acceptors (Lipinski definition) is 21. The van der Waals surface area contributed by atoms with Gasteiger partial charge in [-0.2, -0.15) is 0 Å². The Morgan fingerprint density at radius 1 is 0.603 bits per heavy atom. The normalized spacial score (nSPS) is 26.6. The second kappa shape index (κ2) is 21.4. The van der Waals surface area contributed by atoms with Gasteiger partial charge in [0.05, 0.1) is 25.9 Å². The smallest absolute Gasteiger partial charge is 0.320 e. The quantitative estimate of drug-likeness (QED) is 0.0896. The van der Waals surface area contributed by atoms with Crippen molar-refractivity contribution in [3.63, 3.8) is 0 Å². The molecule has 2 aromatic carbocycles. The van der Waals surface area contributed by atoms with Crippen LogP contribution < -0.4 is 31.1 Å². The van der Waals surface area contributed by atoms with Gasteiger partial charge in [-0.15, -0.1) is 0 Å². The molecule has 12 atom stereocenters. The monoisotopic (exact) mass is 1040 g/mol. The van der Waals surface area contributed by atoms with E-state index < -0.39 is 103 Å². The number of amides is 4. The highest BCUT2D eigenvalue weighted by Crippen LogP contribution is 2.56. The van der Waals surface area contributed by atoms with Crippen LogP contribution in [0.4, 0.5) is 21.2 Å². The molecule has 4 aliphatic rings. The first-order chi connectivity index (χ1) is 35.3. The molecule has 4 N–H and O–H groups in total. The first-order valence-electron chi connectivity index (χ1n) is 22.5. The lowest BCUT2D eigenvalue weighted by molar-refractivity contribution is -0.247. The summed E-state index contributed by atoms with van der Waals surface area (Å²) < 4.78 is 81.4. The third kappa shape index (κ3) is 11.1. The Kier molecular flexibility index (Phi) is 14.6. The lowest BCUT2D eigenvalue weighted by atomic mass is 10.1. The van der Waals surface area contributed by atoms with Crippen LogP contribution in [0.2, 0.25) is 0 Å². The highest BCUT2D eigenvalue weighted by Gasteiger charge is 2.55. The van der Waals surface area contributed by atoms with Crippen LogP contribution in [0.5, 0.6) is 0 Å². The summed E-state index contributed by atoms with van der Waals surface area (Å²) in [4.78, 5) is 77.0. The van der Waals surface area contributed by atoms with E-state index >= 15 is 0 Å². The third-order valence-corrected chi connectivity index (χ3v) is 13.8. The van der Waals surface area contributed by atoms with Crippen LogP contribution >= 0.6 is 15.6 Å². The Labute approximate surface area is 413 Å². The zero-order valence-corrected chi connectivity index (χ0v) is 40.1. The fourth-order valence-electron chi connectivity index (χ4n) is 8.23. The molecule has 29 heteroatoms. The number of hydrogen-bond donors (Lipinski definition) is 4. The van der Waals surface area contributed by atoms with Crippen molar-refractivity contribution in [1.82, 2.24) is 49.7 Å². The number of phosphoric acid groups is 2. The maximum atomic E-state index is 13.3. The van der Waals surface area contributed by atoms with Crippen molar-refractivity contribution >= 4 is 61.7 Å². The molecule has 9 unspecified atom stereocenters. The largest absolute Gasteiger partial charge is 0.756 e. The Bertz CT molecular complexity index is 3010. The number of carbonyl (C=O) groups is 2. The molecule has 10 rings (SSSR count). The maximum absolute atomic E-state index is 13.3. The van der Waals surface area contributed by atoms with Gasteiger partial charge in [0.1, 0.15) is 49.3 Å². The fourth-order valence-corrected chi connectivity index (χ4v) is 10.2. The van der Waals surface area contributed by atoms with Gasteiger partial charge >= 0.3 is 12.1 Å². The first-order valence-corrected chi connectivity index (χ1v) is 25.4. The molecular formula is C44H42N12O15P2-2.